The Morgan fingerprint density at radius 1 is 1.50 bits per heavy atom. The first-order valence-corrected chi connectivity index (χ1v) is 5.06. The van der Waals surface area contributed by atoms with Gasteiger partial charge in [0.25, 0.3) is 0 Å². The summed E-state index contributed by atoms with van der Waals surface area (Å²) in [6.07, 6.45) is 2.11. The Morgan fingerprint density at radius 2 is 2.29 bits per heavy atom. The predicted molar refractivity (Wildman–Crippen MR) is 55.2 cm³/mol. The van der Waals surface area contributed by atoms with E-state index in [0.717, 1.165) is 30.0 Å². The van der Waals surface area contributed by atoms with Gasteiger partial charge in [-0.05, 0) is 19.3 Å². The van der Waals surface area contributed by atoms with Gasteiger partial charge in [0.05, 0.1) is 0 Å². The van der Waals surface area contributed by atoms with E-state index in [0.29, 0.717) is 5.92 Å². The summed E-state index contributed by atoms with van der Waals surface area (Å²) in [5.74, 6) is 1.64. The zero-order valence-corrected chi connectivity index (χ0v) is 8.91. The molecule has 0 aliphatic rings. The molecule has 76 valence electrons. The first-order valence-electron chi connectivity index (χ1n) is 5.06. The van der Waals surface area contributed by atoms with E-state index in [2.05, 4.69) is 29.0 Å². The molecule has 0 fully saturated rings. The fourth-order valence-electron chi connectivity index (χ4n) is 1.46. The summed E-state index contributed by atoms with van der Waals surface area (Å²) in [5, 5.41) is 7.47. The Hall–Kier alpha value is -1.32. The molecule has 1 N–H and O–H groups in total. The monoisotopic (exact) mass is 192 g/mol. The van der Waals surface area contributed by atoms with Gasteiger partial charge in [0.15, 0.2) is 11.5 Å². The van der Waals surface area contributed by atoms with Crippen LogP contribution in [0.25, 0.3) is 5.65 Å². The second-order valence-corrected chi connectivity index (χ2v) is 4.17. The molecule has 4 nitrogen and oxygen atoms in total. The van der Waals surface area contributed by atoms with Crippen LogP contribution in [0.2, 0.25) is 0 Å². The maximum absolute atomic E-state index is 4.43. The third-order valence-corrected chi connectivity index (χ3v) is 2.25. The van der Waals surface area contributed by atoms with Crippen molar-refractivity contribution in [2.45, 2.75) is 33.6 Å². The Balaban J connectivity index is 2.15. The number of hydrogen-bond acceptors (Lipinski definition) is 2. The van der Waals surface area contributed by atoms with E-state index in [1.165, 1.54) is 0 Å². The van der Waals surface area contributed by atoms with Crippen molar-refractivity contribution in [1.82, 2.24) is 19.8 Å². The second kappa shape index (κ2) is 3.44. The van der Waals surface area contributed by atoms with Crippen molar-refractivity contribution in [3.05, 3.63) is 17.6 Å². The van der Waals surface area contributed by atoms with Crippen molar-refractivity contribution in [3.63, 3.8) is 0 Å². The summed E-state index contributed by atoms with van der Waals surface area (Å²) in [7, 11) is 0. The van der Waals surface area contributed by atoms with Crippen LogP contribution in [-0.4, -0.2) is 19.8 Å². The highest BCUT2D eigenvalue weighted by molar-refractivity contribution is 5.37. The van der Waals surface area contributed by atoms with Gasteiger partial charge in [-0.15, -0.1) is 5.10 Å². The molecule has 4 heteroatoms. The average molecular weight is 192 g/mol. The number of hydrogen-bond donors (Lipinski definition) is 1. The summed E-state index contributed by atoms with van der Waals surface area (Å²) >= 11 is 0. The fourth-order valence-corrected chi connectivity index (χ4v) is 1.46. The Kier molecular flexibility index (Phi) is 2.27. The van der Waals surface area contributed by atoms with E-state index in [1.54, 1.807) is 4.63 Å². The number of rotatable bonds is 3. The molecule has 2 heterocycles. The number of fused-ring (bicyclic) bond motifs is 1. The second-order valence-electron chi connectivity index (χ2n) is 4.17. The quantitative estimate of drug-likeness (QED) is 0.808. The Morgan fingerprint density at radius 3 is 2.93 bits per heavy atom. The van der Waals surface area contributed by atoms with Crippen LogP contribution in [0.1, 0.15) is 31.8 Å². The Bertz CT molecular complexity index is 393. The lowest BCUT2D eigenvalue weighted by atomic mass is 10.1. The van der Waals surface area contributed by atoms with Crippen LogP contribution in [0.15, 0.2) is 6.07 Å². The van der Waals surface area contributed by atoms with Crippen LogP contribution in [0.5, 0.6) is 0 Å². The van der Waals surface area contributed by atoms with Gasteiger partial charge in [-0.25, -0.2) is 4.98 Å². The molecule has 2 rings (SSSR count). The molecular weight excluding hydrogens is 176 g/mol. The van der Waals surface area contributed by atoms with Crippen molar-refractivity contribution >= 4 is 5.65 Å². The molecule has 0 radical (unpaired) electrons. The highest BCUT2D eigenvalue weighted by atomic mass is 15.5. The number of aryl methyl sites for hydroxylation is 2. The van der Waals surface area contributed by atoms with Gasteiger partial charge < -0.3 is 0 Å². The van der Waals surface area contributed by atoms with Crippen LogP contribution in [0.4, 0.5) is 0 Å². The first kappa shape index (κ1) is 9.24. The zero-order valence-electron chi connectivity index (χ0n) is 8.91. The molecule has 0 saturated carbocycles. The molecule has 0 bridgehead atoms. The number of aromatic amines is 1. The average Bonchev–Trinajstić information content (AvgIpc) is 2.57. The van der Waals surface area contributed by atoms with Crippen molar-refractivity contribution in [3.8, 4) is 0 Å². The normalized spacial score (nSPS) is 11.7. The van der Waals surface area contributed by atoms with E-state index < -0.39 is 0 Å². The first-order chi connectivity index (χ1) is 6.65. The number of H-pyrrole nitrogens is 1. The van der Waals surface area contributed by atoms with Crippen molar-refractivity contribution < 1.29 is 0 Å². The highest BCUT2D eigenvalue weighted by Gasteiger charge is 2.05. The third kappa shape index (κ3) is 1.78. The standard InChI is InChI=1S/C10H16N4/c1-7(2)4-5-9-11-10-6-8(3)12-14(10)13-9/h6-7,12H,4-5H2,1-3H3. The molecule has 14 heavy (non-hydrogen) atoms. The molecule has 0 aliphatic heterocycles. The lowest BCUT2D eigenvalue weighted by molar-refractivity contribution is 0.572. The minimum Gasteiger partial charge on any atom is -0.281 e. The van der Waals surface area contributed by atoms with E-state index in [1.807, 2.05) is 13.0 Å². The third-order valence-electron chi connectivity index (χ3n) is 2.25. The zero-order chi connectivity index (χ0) is 10.1. The van der Waals surface area contributed by atoms with Gasteiger partial charge in [0.1, 0.15) is 0 Å². The molecule has 0 aliphatic carbocycles. The summed E-state index contributed by atoms with van der Waals surface area (Å²) in [6.45, 7) is 6.43. The van der Waals surface area contributed by atoms with Crippen LogP contribution in [-0.2, 0) is 6.42 Å². The van der Waals surface area contributed by atoms with Crippen LogP contribution < -0.4 is 0 Å². The van der Waals surface area contributed by atoms with Gasteiger partial charge in [0, 0.05) is 18.2 Å². The summed E-state index contributed by atoms with van der Waals surface area (Å²) < 4.78 is 1.74. The van der Waals surface area contributed by atoms with Gasteiger partial charge >= 0.3 is 0 Å². The van der Waals surface area contributed by atoms with E-state index in [9.17, 15) is 0 Å². The molecule has 0 spiro atoms. The molecule has 2 aromatic rings. The largest absolute Gasteiger partial charge is 0.281 e. The summed E-state index contributed by atoms with van der Waals surface area (Å²) in [5.41, 5.74) is 2.01. The van der Waals surface area contributed by atoms with E-state index in [4.69, 9.17) is 0 Å². The van der Waals surface area contributed by atoms with Crippen molar-refractivity contribution in [1.29, 1.82) is 0 Å². The SMILES string of the molecule is Cc1cc2nc(CCC(C)C)nn2[nH]1. The van der Waals surface area contributed by atoms with Gasteiger partial charge in [-0.3, -0.25) is 5.10 Å². The summed E-state index contributed by atoms with van der Waals surface area (Å²) in [6, 6.07) is 2.01. The molecule has 0 saturated heterocycles. The molecule has 0 amide bonds. The number of nitrogens with zero attached hydrogens (tertiary/aromatic N) is 3. The minimum absolute atomic E-state index is 0.707. The van der Waals surface area contributed by atoms with Crippen molar-refractivity contribution in [2.75, 3.05) is 0 Å². The van der Waals surface area contributed by atoms with Gasteiger partial charge in [-0.2, -0.15) is 4.63 Å². The fraction of sp³-hybridized carbons (Fsp3) is 0.600. The molecule has 0 aromatic carbocycles. The maximum atomic E-state index is 4.43. The van der Waals surface area contributed by atoms with Gasteiger partial charge in [-0.1, -0.05) is 13.8 Å². The Labute approximate surface area is 83.3 Å². The number of aromatic nitrogens is 4. The lowest BCUT2D eigenvalue weighted by Gasteiger charge is -1.99. The molecule has 0 unspecified atom stereocenters. The highest BCUT2D eigenvalue weighted by Crippen LogP contribution is 2.08. The van der Waals surface area contributed by atoms with Crippen molar-refractivity contribution in [2.24, 2.45) is 5.92 Å². The van der Waals surface area contributed by atoms with Crippen LogP contribution in [0.3, 0.4) is 0 Å². The van der Waals surface area contributed by atoms with Crippen LogP contribution in [0, 0.1) is 12.8 Å². The topological polar surface area (TPSA) is 46.0 Å². The molecular formula is C10H16N4. The molecule has 2 aromatic heterocycles. The minimum atomic E-state index is 0.707. The maximum Gasteiger partial charge on any atom is 0.175 e. The smallest absolute Gasteiger partial charge is 0.175 e. The van der Waals surface area contributed by atoms with E-state index in [-0.39, 0.29) is 0 Å². The lowest BCUT2D eigenvalue weighted by Crippen LogP contribution is -1.95. The van der Waals surface area contributed by atoms with Crippen LogP contribution >= 0.6 is 0 Å². The van der Waals surface area contributed by atoms with E-state index >= 15 is 0 Å². The van der Waals surface area contributed by atoms with Gasteiger partial charge in [0.2, 0.25) is 0 Å². The predicted octanol–water partition coefficient (Wildman–Crippen LogP) is 1.95. The number of nitrogens with one attached hydrogen (secondary N) is 1. The summed E-state index contributed by atoms with van der Waals surface area (Å²) in [4.78, 5) is 4.43. The molecule has 0 atom stereocenters.